The molecule has 1 heterocycles. The fourth-order valence-corrected chi connectivity index (χ4v) is 1.93. The molecule has 1 aliphatic heterocycles. The number of rotatable bonds is 0. The first-order valence-corrected chi connectivity index (χ1v) is 5.52. The fraction of sp³-hybridized carbons (Fsp3) is 0.833. The van der Waals surface area contributed by atoms with Crippen molar-refractivity contribution < 1.29 is 4.79 Å². The maximum Gasteiger partial charge on any atom is 0.283 e. The molecule has 1 atom stereocenters. The van der Waals surface area contributed by atoms with E-state index < -0.39 is 0 Å². The Kier molecular flexibility index (Phi) is 3.83. The molecule has 0 saturated carbocycles. The summed E-state index contributed by atoms with van der Waals surface area (Å²) in [5.41, 5.74) is 0. The highest BCUT2D eigenvalue weighted by molar-refractivity contribution is 14.1. The van der Waals surface area contributed by atoms with Gasteiger partial charge in [0.1, 0.15) is 0 Å². The van der Waals surface area contributed by atoms with Crippen LogP contribution in [0, 0.1) is 0 Å². The smallest absolute Gasteiger partial charge is 0.283 e. The average molecular weight is 380 g/mol. The second-order valence-corrected chi connectivity index (χ2v) is 4.83. The van der Waals surface area contributed by atoms with E-state index in [1.54, 1.807) is 0 Å². The Bertz CT molecular complexity index is 165. The second-order valence-electron chi connectivity index (χ2n) is 2.67. The molecule has 11 heavy (non-hydrogen) atoms. The lowest BCUT2D eigenvalue weighted by Gasteiger charge is -2.35. The fourth-order valence-electron chi connectivity index (χ4n) is 1.10. The molecule has 0 N–H and O–H groups in total. The molecule has 1 saturated heterocycles. The molecule has 0 aromatic carbocycles. The van der Waals surface area contributed by atoms with E-state index in [-0.39, 0.29) is 3.91 Å². The van der Waals surface area contributed by atoms with Crippen molar-refractivity contribution in [3.63, 3.8) is 0 Å². The van der Waals surface area contributed by atoms with Gasteiger partial charge in [0, 0.05) is 71.1 Å². The van der Waals surface area contributed by atoms with Gasteiger partial charge in [0.05, 0.1) is 0 Å². The second kappa shape index (κ2) is 4.22. The van der Waals surface area contributed by atoms with E-state index in [0.29, 0.717) is 6.04 Å². The molecule has 1 amide bonds. The maximum atomic E-state index is 10.9. The summed E-state index contributed by atoms with van der Waals surface area (Å²) in [5, 5.41) is 0. The number of amides is 1. The minimum atomic E-state index is 0.166. The predicted octanol–water partition coefficient (Wildman–Crippen LogP) is 1.90. The van der Waals surface area contributed by atoms with Gasteiger partial charge in [0.2, 0.25) is 0 Å². The van der Waals surface area contributed by atoms with Gasteiger partial charge in [-0.15, -0.1) is 0 Å². The van der Waals surface area contributed by atoms with Gasteiger partial charge in [-0.25, -0.2) is 3.11 Å². The van der Waals surface area contributed by atoms with E-state index in [4.69, 9.17) is 0 Å². The van der Waals surface area contributed by atoms with E-state index >= 15 is 0 Å². The van der Waals surface area contributed by atoms with Crippen molar-refractivity contribution in [1.82, 2.24) is 8.01 Å². The SMILES string of the molecule is C[C@H]1CN(C(=O)I)CCN1I. The van der Waals surface area contributed by atoms with Gasteiger partial charge in [-0.05, 0) is 6.92 Å². The Labute approximate surface area is 94.1 Å². The van der Waals surface area contributed by atoms with Crippen molar-refractivity contribution in [1.29, 1.82) is 0 Å². The molecule has 1 rings (SSSR count). The van der Waals surface area contributed by atoms with Crippen LogP contribution in [0.1, 0.15) is 6.92 Å². The number of carbonyl (C=O) groups excluding carboxylic acids is 1. The lowest BCUT2D eigenvalue weighted by molar-refractivity contribution is 0.182. The molecule has 0 aromatic rings. The summed E-state index contributed by atoms with van der Waals surface area (Å²) in [6, 6.07) is 0.489. The summed E-state index contributed by atoms with van der Waals surface area (Å²) in [7, 11) is 0. The minimum Gasteiger partial charge on any atom is -0.331 e. The summed E-state index contributed by atoms with van der Waals surface area (Å²) in [5.74, 6) is 0. The topological polar surface area (TPSA) is 23.6 Å². The summed E-state index contributed by atoms with van der Waals surface area (Å²) in [6.07, 6.45) is 0. The maximum absolute atomic E-state index is 10.9. The highest BCUT2D eigenvalue weighted by atomic mass is 127. The summed E-state index contributed by atoms with van der Waals surface area (Å²) >= 11 is 4.15. The number of hydrogen-bond acceptors (Lipinski definition) is 2. The molecule has 0 bridgehead atoms. The number of hydrogen-bond donors (Lipinski definition) is 0. The lowest BCUT2D eigenvalue weighted by Crippen LogP contribution is -2.48. The van der Waals surface area contributed by atoms with Crippen molar-refractivity contribution in [3.8, 4) is 0 Å². The third kappa shape index (κ3) is 2.69. The van der Waals surface area contributed by atoms with E-state index in [1.165, 1.54) is 0 Å². The predicted molar refractivity (Wildman–Crippen MR) is 61.2 cm³/mol. The van der Waals surface area contributed by atoms with Crippen LogP contribution in [0.25, 0.3) is 0 Å². The molecule has 1 aliphatic rings. The van der Waals surface area contributed by atoms with E-state index in [1.807, 2.05) is 27.5 Å². The largest absolute Gasteiger partial charge is 0.331 e. The van der Waals surface area contributed by atoms with Crippen LogP contribution < -0.4 is 0 Å². The van der Waals surface area contributed by atoms with Crippen LogP contribution in [0.15, 0.2) is 0 Å². The molecule has 0 aromatic heterocycles. The zero-order valence-electron chi connectivity index (χ0n) is 6.26. The van der Waals surface area contributed by atoms with E-state index in [9.17, 15) is 4.79 Å². The van der Waals surface area contributed by atoms with Crippen molar-refractivity contribution in [2.75, 3.05) is 19.6 Å². The molecule has 0 aliphatic carbocycles. The molecule has 0 radical (unpaired) electrons. The van der Waals surface area contributed by atoms with E-state index in [2.05, 4.69) is 32.9 Å². The Morgan fingerprint density at radius 2 is 2.18 bits per heavy atom. The number of carbonyl (C=O) groups is 1. The van der Waals surface area contributed by atoms with Crippen molar-refractivity contribution in [2.45, 2.75) is 13.0 Å². The third-order valence-electron chi connectivity index (χ3n) is 1.80. The van der Waals surface area contributed by atoms with Crippen LogP contribution in [0.5, 0.6) is 0 Å². The summed E-state index contributed by atoms with van der Waals surface area (Å²) in [4.78, 5) is 12.8. The van der Waals surface area contributed by atoms with Crippen molar-refractivity contribution in [2.24, 2.45) is 0 Å². The molecule has 5 heteroatoms. The van der Waals surface area contributed by atoms with Gasteiger partial charge in [0.15, 0.2) is 0 Å². The average Bonchev–Trinajstić information content (AvgIpc) is 1.94. The van der Waals surface area contributed by atoms with Gasteiger partial charge < -0.3 is 4.90 Å². The number of halogens is 2. The minimum absolute atomic E-state index is 0.166. The normalized spacial score (nSPS) is 27.2. The Hall–Kier alpha value is 0.890. The Balaban J connectivity index is 2.46. The molecular weight excluding hydrogens is 370 g/mol. The van der Waals surface area contributed by atoms with Crippen LogP contribution in [-0.2, 0) is 0 Å². The summed E-state index contributed by atoms with van der Waals surface area (Å²) in [6.45, 7) is 4.86. The Morgan fingerprint density at radius 1 is 1.55 bits per heavy atom. The van der Waals surface area contributed by atoms with Gasteiger partial charge in [-0.2, -0.15) is 0 Å². The molecular formula is C6H10I2N2O. The molecule has 0 spiro atoms. The number of piperazine rings is 1. The molecule has 3 nitrogen and oxygen atoms in total. The van der Waals surface area contributed by atoms with Gasteiger partial charge in [0.25, 0.3) is 3.91 Å². The van der Waals surface area contributed by atoms with Gasteiger partial charge >= 0.3 is 0 Å². The third-order valence-corrected chi connectivity index (χ3v) is 3.91. The monoisotopic (exact) mass is 380 g/mol. The molecule has 0 unspecified atom stereocenters. The zero-order chi connectivity index (χ0) is 8.43. The zero-order valence-corrected chi connectivity index (χ0v) is 10.6. The molecule has 64 valence electrons. The van der Waals surface area contributed by atoms with Crippen molar-refractivity contribution in [3.05, 3.63) is 0 Å². The summed E-state index contributed by atoms with van der Waals surface area (Å²) < 4.78 is 2.41. The van der Waals surface area contributed by atoms with Gasteiger partial charge in [-0.1, -0.05) is 0 Å². The first kappa shape index (κ1) is 9.97. The van der Waals surface area contributed by atoms with Gasteiger partial charge in [-0.3, -0.25) is 4.79 Å². The van der Waals surface area contributed by atoms with Crippen LogP contribution >= 0.6 is 45.5 Å². The number of nitrogens with zero attached hydrogens (tertiary/aromatic N) is 2. The first-order valence-electron chi connectivity index (χ1n) is 3.48. The van der Waals surface area contributed by atoms with Crippen molar-refractivity contribution >= 4 is 49.4 Å². The highest BCUT2D eigenvalue weighted by Gasteiger charge is 2.23. The highest BCUT2D eigenvalue weighted by Crippen LogP contribution is 2.15. The molecule has 1 fully saturated rings. The van der Waals surface area contributed by atoms with Crippen LogP contribution in [0.4, 0.5) is 4.79 Å². The Morgan fingerprint density at radius 3 is 2.64 bits per heavy atom. The van der Waals surface area contributed by atoms with E-state index in [0.717, 1.165) is 19.6 Å². The first-order chi connectivity index (χ1) is 5.11. The van der Waals surface area contributed by atoms with Crippen LogP contribution in [0.3, 0.4) is 0 Å². The van der Waals surface area contributed by atoms with Crippen LogP contribution in [-0.4, -0.2) is 37.6 Å². The van der Waals surface area contributed by atoms with Crippen LogP contribution in [0.2, 0.25) is 0 Å². The quantitative estimate of drug-likeness (QED) is 0.278. The standard InChI is InChI=1S/C6H10I2N2O/c1-5-4-9(6(7)11)2-3-10(5)8/h5H,2-4H2,1H3/t5-/m0/s1. The lowest BCUT2D eigenvalue weighted by atomic mass is 10.2.